The summed E-state index contributed by atoms with van der Waals surface area (Å²) in [6.45, 7) is 0. The molecule has 1 aromatic carbocycles. The minimum atomic E-state index is -0.806. The second-order valence-electron chi connectivity index (χ2n) is 5.00. The number of hydrogen-bond acceptors (Lipinski definition) is 3. The van der Waals surface area contributed by atoms with Gasteiger partial charge in [0.2, 0.25) is 0 Å². The van der Waals surface area contributed by atoms with Crippen molar-refractivity contribution in [1.29, 1.82) is 0 Å². The SMILES string of the molecule is O=C(O)C1(Cc2ccc([N+](=O)[O-])cc2Cl)CCCC1. The van der Waals surface area contributed by atoms with Crippen molar-refractivity contribution < 1.29 is 14.8 Å². The van der Waals surface area contributed by atoms with Crippen molar-refractivity contribution in [2.75, 3.05) is 0 Å². The van der Waals surface area contributed by atoms with E-state index in [9.17, 15) is 20.0 Å². The first-order valence-electron chi connectivity index (χ1n) is 6.11. The van der Waals surface area contributed by atoms with E-state index in [2.05, 4.69) is 0 Å². The first-order valence-corrected chi connectivity index (χ1v) is 6.49. The van der Waals surface area contributed by atoms with Crippen molar-refractivity contribution in [2.24, 2.45) is 5.41 Å². The van der Waals surface area contributed by atoms with Gasteiger partial charge in [0, 0.05) is 12.1 Å². The zero-order valence-electron chi connectivity index (χ0n) is 10.3. The molecule has 1 aliphatic carbocycles. The molecular weight excluding hydrogens is 270 g/mol. The lowest BCUT2D eigenvalue weighted by molar-refractivity contribution is -0.384. The Kier molecular flexibility index (Phi) is 3.75. The molecule has 0 spiro atoms. The summed E-state index contributed by atoms with van der Waals surface area (Å²) in [5.74, 6) is -0.806. The molecule has 0 radical (unpaired) electrons. The topological polar surface area (TPSA) is 80.4 Å². The van der Waals surface area contributed by atoms with Crippen LogP contribution < -0.4 is 0 Å². The fourth-order valence-corrected chi connectivity index (χ4v) is 2.92. The van der Waals surface area contributed by atoms with E-state index < -0.39 is 16.3 Å². The molecule has 1 aliphatic rings. The van der Waals surface area contributed by atoms with Crippen molar-refractivity contribution in [3.63, 3.8) is 0 Å². The van der Waals surface area contributed by atoms with E-state index in [4.69, 9.17) is 11.6 Å². The lowest BCUT2D eigenvalue weighted by atomic mass is 9.80. The maximum absolute atomic E-state index is 11.5. The van der Waals surface area contributed by atoms with Gasteiger partial charge in [-0.2, -0.15) is 0 Å². The van der Waals surface area contributed by atoms with E-state index in [1.165, 1.54) is 12.1 Å². The molecule has 1 N–H and O–H groups in total. The second kappa shape index (κ2) is 5.17. The van der Waals surface area contributed by atoms with Crippen LogP contribution in [0.15, 0.2) is 18.2 Å². The summed E-state index contributed by atoms with van der Waals surface area (Å²) in [5.41, 5.74) is -0.180. The van der Waals surface area contributed by atoms with Gasteiger partial charge in [0.1, 0.15) is 0 Å². The van der Waals surface area contributed by atoms with Crippen LogP contribution >= 0.6 is 11.6 Å². The van der Waals surface area contributed by atoms with Gasteiger partial charge in [0.15, 0.2) is 0 Å². The van der Waals surface area contributed by atoms with Crippen LogP contribution in [-0.4, -0.2) is 16.0 Å². The van der Waals surface area contributed by atoms with Crippen LogP contribution in [-0.2, 0) is 11.2 Å². The molecule has 5 nitrogen and oxygen atoms in total. The molecule has 0 aromatic heterocycles. The van der Waals surface area contributed by atoms with Crippen molar-refractivity contribution in [2.45, 2.75) is 32.1 Å². The second-order valence-corrected chi connectivity index (χ2v) is 5.41. The lowest BCUT2D eigenvalue weighted by Gasteiger charge is -2.24. The zero-order valence-corrected chi connectivity index (χ0v) is 11.0. The van der Waals surface area contributed by atoms with Gasteiger partial charge in [-0.25, -0.2) is 0 Å². The quantitative estimate of drug-likeness (QED) is 0.678. The fourth-order valence-electron chi connectivity index (χ4n) is 2.68. The molecule has 6 heteroatoms. The van der Waals surface area contributed by atoms with Crippen LogP contribution in [0.4, 0.5) is 5.69 Å². The van der Waals surface area contributed by atoms with Crippen LogP contribution in [0.25, 0.3) is 0 Å². The third-order valence-corrected chi connectivity index (χ3v) is 4.14. The number of carboxylic acid groups (broad SMARTS) is 1. The van der Waals surface area contributed by atoms with Gasteiger partial charge in [-0.1, -0.05) is 30.5 Å². The maximum atomic E-state index is 11.5. The Hall–Kier alpha value is -1.62. The van der Waals surface area contributed by atoms with Gasteiger partial charge in [0.25, 0.3) is 5.69 Å². The average Bonchev–Trinajstić information content (AvgIpc) is 2.81. The highest BCUT2D eigenvalue weighted by atomic mass is 35.5. The number of nitrogens with zero attached hydrogens (tertiary/aromatic N) is 1. The van der Waals surface area contributed by atoms with Gasteiger partial charge in [-0.05, 0) is 24.8 Å². The molecule has 2 rings (SSSR count). The summed E-state index contributed by atoms with van der Waals surface area (Å²) >= 11 is 6.02. The molecule has 0 atom stereocenters. The fraction of sp³-hybridized carbons (Fsp3) is 0.462. The summed E-state index contributed by atoms with van der Waals surface area (Å²) in [6.07, 6.45) is 3.40. The van der Waals surface area contributed by atoms with E-state index in [1.54, 1.807) is 6.07 Å². The minimum absolute atomic E-state index is 0.0791. The highest BCUT2D eigenvalue weighted by Gasteiger charge is 2.41. The number of halogens is 1. The van der Waals surface area contributed by atoms with E-state index in [-0.39, 0.29) is 10.7 Å². The Morgan fingerprint density at radius 3 is 2.53 bits per heavy atom. The Labute approximate surface area is 115 Å². The first-order chi connectivity index (χ1) is 8.94. The third kappa shape index (κ3) is 2.71. The standard InChI is InChI=1S/C13H14ClNO4/c14-11-7-10(15(18)19)4-3-9(11)8-13(12(16)17)5-1-2-6-13/h3-4,7H,1-2,5-6,8H2,(H,16,17). The smallest absolute Gasteiger partial charge is 0.309 e. The molecule has 19 heavy (non-hydrogen) atoms. The van der Waals surface area contributed by atoms with E-state index in [0.717, 1.165) is 12.8 Å². The van der Waals surface area contributed by atoms with Gasteiger partial charge in [-0.3, -0.25) is 14.9 Å². The van der Waals surface area contributed by atoms with Crippen molar-refractivity contribution in [3.05, 3.63) is 38.9 Å². The Bertz CT molecular complexity index is 523. The molecule has 0 saturated heterocycles. The van der Waals surface area contributed by atoms with Gasteiger partial charge >= 0.3 is 5.97 Å². The van der Waals surface area contributed by atoms with Crippen LogP contribution in [0.2, 0.25) is 5.02 Å². The predicted molar refractivity (Wildman–Crippen MR) is 70.3 cm³/mol. The van der Waals surface area contributed by atoms with Gasteiger partial charge in [0.05, 0.1) is 15.4 Å². The van der Waals surface area contributed by atoms with Crippen molar-refractivity contribution in [1.82, 2.24) is 0 Å². The normalized spacial score (nSPS) is 17.3. The number of carboxylic acids is 1. The highest BCUT2D eigenvalue weighted by Crippen LogP contribution is 2.42. The maximum Gasteiger partial charge on any atom is 0.309 e. The summed E-state index contributed by atoms with van der Waals surface area (Å²) in [4.78, 5) is 21.6. The number of rotatable bonds is 4. The Morgan fingerprint density at radius 2 is 2.05 bits per heavy atom. The molecule has 0 aliphatic heterocycles. The number of aliphatic carboxylic acids is 1. The molecule has 0 unspecified atom stereocenters. The van der Waals surface area contributed by atoms with Crippen LogP contribution in [0.5, 0.6) is 0 Å². The van der Waals surface area contributed by atoms with Crippen LogP contribution in [0, 0.1) is 15.5 Å². The van der Waals surface area contributed by atoms with Crippen LogP contribution in [0.3, 0.4) is 0 Å². The summed E-state index contributed by atoms with van der Waals surface area (Å²) < 4.78 is 0. The molecule has 0 bridgehead atoms. The number of nitro groups is 1. The molecule has 0 amide bonds. The van der Waals surface area contributed by atoms with Crippen molar-refractivity contribution in [3.8, 4) is 0 Å². The Morgan fingerprint density at radius 1 is 1.42 bits per heavy atom. The summed E-state index contributed by atoms with van der Waals surface area (Å²) in [7, 11) is 0. The predicted octanol–water partition coefficient (Wildman–Crippen LogP) is 3.44. The molecular formula is C13H14ClNO4. The first kappa shape index (κ1) is 13.8. The summed E-state index contributed by atoms with van der Waals surface area (Å²) in [5, 5.41) is 20.3. The lowest BCUT2D eigenvalue weighted by Crippen LogP contribution is -2.30. The largest absolute Gasteiger partial charge is 0.481 e. The Balaban J connectivity index is 2.28. The number of nitro benzene ring substituents is 1. The third-order valence-electron chi connectivity index (χ3n) is 3.79. The number of benzene rings is 1. The highest BCUT2D eigenvalue weighted by molar-refractivity contribution is 6.31. The van der Waals surface area contributed by atoms with Gasteiger partial charge < -0.3 is 5.11 Å². The average molecular weight is 284 g/mol. The monoisotopic (exact) mass is 283 g/mol. The van der Waals surface area contributed by atoms with Crippen LogP contribution in [0.1, 0.15) is 31.2 Å². The number of carbonyl (C=O) groups is 1. The van der Waals surface area contributed by atoms with E-state index in [1.807, 2.05) is 0 Å². The molecule has 1 saturated carbocycles. The van der Waals surface area contributed by atoms with E-state index >= 15 is 0 Å². The zero-order chi connectivity index (χ0) is 14.0. The molecule has 1 fully saturated rings. The van der Waals surface area contributed by atoms with E-state index in [0.29, 0.717) is 24.8 Å². The number of non-ortho nitro benzene ring substituents is 1. The minimum Gasteiger partial charge on any atom is -0.481 e. The van der Waals surface area contributed by atoms with Crippen molar-refractivity contribution >= 4 is 23.3 Å². The number of hydrogen-bond donors (Lipinski definition) is 1. The summed E-state index contributed by atoms with van der Waals surface area (Å²) in [6, 6.07) is 4.20. The molecule has 0 heterocycles. The molecule has 102 valence electrons. The molecule has 1 aromatic rings. The van der Waals surface area contributed by atoms with Gasteiger partial charge in [-0.15, -0.1) is 0 Å².